The highest BCUT2D eigenvalue weighted by Crippen LogP contribution is 2.28. The molecule has 0 N–H and O–H groups in total. The molecule has 1 aromatic rings. The van der Waals surface area contributed by atoms with Crippen molar-refractivity contribution in [2.45, 2.75) is 12.8 Å². The molecular formula is C10H8F2. The number of hydrogen-bond donors (Lipinski definition) is 0. The van der Waals surface area contributed by atoms with E-state index < -0.39 is 11.6 Å². The predicted molar refractivity (Wildman–Crippen MR) is 42.9 cm³/mol. The smallest absolute Gasteiger partial charge is 0.162 e. The zero-order chi connectivity index (χ0) is 8.72. The third-order valence-electron chi connectivity index (χ3n) is 2.16. The summed E-state index contributed by atoms with van der Waals surface area (Å²) in [6.45, 7) is 3.75. The topological polar surface area (TPSA) is 0 Å². The molecule has 0 unspecified atom stereocenters. The first kappa shape index (κ1) is 7.47. The van der Waals surface area contributed by atoms with E-state index in [9.17, 15) is 8.78 Å². The molecular weight excluding hydrogens is 158 g/mol. The van der Waals surface area contributed by atoms with Crippen LogP contribution in [0.3, 0.4) is 0 Å². The molecule has 1 aliphatic carbocycles. The van der Waals surface area contributed by atoms with Crippen molar-refractivity contribution in [1.82, 2.24) is 0 Å². The summed E-state index contributed by atoms with van der Waals surface area (Å²) >= 11 is 0. The molecule has 0 spiro atoms. The van der Waals surface area contributed by atoms with Crippen molar-refractivity contribution in [1.29, 1.82) is 0 Å². The summed E-state index contributed by atoms with van der Waals surface area (Å²) in [5.41, 5.74) is 2.31. The van der Waals surface area contributed by atoms with Gasteiger partial charge in [0.2, 0.25) is 0 Å². The molecule has 0 radical (unpaired) electrons. The molecule has 0 aromatic heterocycles. The number of halogens is 2. The minimum atomic E-state index is -0.761. The van der Waals surface area contributed by atoms with Crippen molar-refractivity contribution in [3.63, 3.8) is 0 Å². The lowest BCUT2D eigenvalue weighted by Crippen LogP contribution is -1.92. The second kappa shape index (κ2) is 2.41. The van der Waals surface area contributed by atoms with E-state index in [4.69, 9.17) is 0 Å². The maximum Gasteiger partial charge on any atom is 0.162 e. The molecule has 2 heteroatoms. The predicted octanol–water partition coefficient (Wildman–Crippen LogP) is 2.62. The van der Waals surface area contributed by atoms with Gasteiger partial charge in [-0.1, -0.05) is 18.2 Å². The van der Waals surface area contributed by atoms with Gasteiger partial charge < -0.3 is 0 Å². The van der Waals surface area contributed by atoms with Gasteiger partial charge in [-0.15, -0.1) is 0 Å². The molecule has 1 aliphatic rings. The summed E-state index contributed by atoms with van der Waals surface area (Å²) in [4.78, 5) is 0. The Morgan fingerprint density at radius 1 is 1.17 bits per heavy atom. The summed E-state index contributed by atoms with van der Waals surface area (Å²) in [7, 11) is 0. The van der Waals surface area contributed by atoms with E-state index in [1.807, 2.05) is 0 Å². The van der Waals surface area contributed by atoms with Crippen molar-refractivity contribution >= 4 is 0 Å². The summed E-state index contributed by atoms with van der Waals surface area (Å²) in [6.07, 6.45) is 1.17. The van der Waals surface area contributed by atoms with Crippen LogP contribution in [0.5, 0.6) is 0 Å². The van der Waals surface area contributed by atoms with Crippen LogP contribution >= 0.6 is 0 Å². The first-order valence-electron chi connectivity index (χ1n) is 3.81. The third-order valence-corrected chi connectivity index (χ3v) is 2.16. The van der Waals surface area contributed by atoms with Gasteiger partial charge >= 0.3 is 0 Å². The Morgan fingerprint density at radius 3 is 2.67 bits per heavy atom. The normalized spacial score (nSPS) is 15.0. The minimum absolute atomic E-state index is 0.485. The molecule has 0 saturated heterocycles. The largest absolute Gasteiger partial charge is 0.204 e. The Bertz CT molecular complexity index is 353. The Morgan fingerprint density at radius 2 is 1.92 bits per heavy atom. The quantitative estimate of drug-likeness (QED) is 0.520. The molecule has 0 heterocycles. The molecule has 0 bridgehead atoms. The Labute approximate surface area is 69.5 Å². The molecule has 0 nitrogen and oxygen atoms in total. The number of allylic oxidation sites excluding steroid dienone is 1. The van der Waals surface area contributed by atoms with Gasteiger partial charge in [0, 0.05) is 0 Å². The maximum absolute atomic E-state index is 13.1. The van der Waals surface area contributed by atoms with Crippen LogP contribution < -0.4 is 0 Å². The second-order valence-electron chi connectivity index (χ2n) is 3.10. The van der Waals surface area contributed by atoms with E-state index in [0.717, 1.165) is 11.1 Å². The van der Waals surface area contributed by atoms with Crippen LogP contribution in [0.25, 0.3) is 0 Å². The van der Waals surface area contributed by atoms with Gasteiger partial charge in [0.15, 0.2) is 11.6 Å². The summed E-state index contributed by atoms with van der Waals surface area (Å²) in [5, 5.41) is 0. The Hall–Kier alpha value is -1.18. The average Bonchev–Trinajstić information content (AvgIpc) is 2.39. The summed E-state index contributed by atoms with van der Waals surface area (Å²) in [6, 6.07) is 2.80. The highest BCUT2D eigenvalue weighted by Gasteiger charge is 2.19. The number of benzene rings is 1. The van der Waals surface area contributed by atoms with Crippen LogP contribution in [0.2, 0.25) is 0 Å². The fraction of sp³-hybridized carbons (Fsp3) is 0.200. The Balaban J connectivity index is 2.61. The van der Waals surface area contributed by atoms with Crippen LogP contribution in [0.4, 0.5) is 8.78 Å². The number of fused-ring (bicyclic) bond motifs is 1. The summed E-state index contributed by atoms with van der Waals surface area (Å²) < 4.78 is 25.8. The van der Waals surface area contributed by atoms with Gasteiger partial charge in [0.1, 0.15) is 0 Å². The molecule has 0 fully saturated rings. The van der Waals surface area contributed by atoms with Gasteiger partial charge in [-0.05, 0) is 30.0 Å². The van der Waals surface area contributed by atoms with E-state index in [2.05, 4.69) is 6.58 Å². The van der Waals surface area contributed by atoms with E-state index in [1.165, 1.54) is 6.07 Å². The van der Waals surface area contributed by atoms with Gasteiger partial charge in [0.25, 0.3) is 0 Å². The van der Waals surface area contributed by atoms with Crippen LogP contribution in [0, 0.1) is 11.6 Å². The fourth-order valence-corrected chi connectivity index (χ4v) is 1.57. The first-order chi connectivity index (χ1) is 5.68. The van der Waals surface area contributed by atoms with Gasteiger partial charge in [-0.2, -0.15) is 0 Å². The molecule has 0 aliphatic heterocycles. The van der Waals surface area contributed by atoms with Crippen molar-refractivity contribution in [2.24, 2.45) is 0 Å². The monoisotopic (exact) mass is 166 g/mol. The van der Waals surface area contributed by atoms with E-state index in [1.54, 1.807) is 6.07 Å². The minimum Gasteiger partial charge on any atom is -0.204 e. The van der Waals surface area contributed by atoms with E-state index in [0.29, 0.717) is 18.4 Å². The molecule has 0 saturated carbocycles. The van der Waals surface area contributed by atoms with E-state index in [-0.39, 0.29) is 0 Å². The third kappa shape index (κ3) is 0.951. The number of hydrogen-bond acceptors (Lipinski definition) is 0. The van der Waals surface area contributed by atoms with Crippen molar-refractivity contribution in [2.75, 3.05) is 0 Å². The SMILES string of the molecule is C=C1Cc2ccc(F)c(F)c2C1. The average molecular weight is 166 g/mol. The van der Waals surface area contributed by atoms with Gasteiger partial charge in [-0.3, -0.25) is 0 Å². The van der Waals surface area contributed by atoms with Crippen LogP contribution in [-0.2, 0) is 12.8 Å². The van der Waals surface area contributed by atoms with Gasteiger partial charge in [0.05, 0.1) is 0 Å². The lowest BCUT2D eigenvalue weighted by atomic mass is 10.1. The van der Waals surface area contributed by atoms with Crippen molar-refractivity contribution in [3.8, 4) is 0 Å². The van der Waals surface area contributed by atoms with Crippen LogP contribution in [-0.4, -0.2) is 0 Å². The fourth-order valence-electron chi connectivity index (χ4n) is 1.57. The van der Waals surface area contributed by atoms with Crippen LogP contribution in [0.15, 0.2) is 24.3 Å². The van der Waals surface area contributed by atoms with Gasteiger partial charge in [-0.25, -0.2) is 8.78 Å². The molecule has 0 amide bonds. The molecule has 62 valence electrons. The van der Waals surface area contributed by atoms with Crippen molar-refractivity contribution in [3.05, 3.63) is 47.0 Å². The molecule has 1 aromatic carbocycles. The van der Waals surface area contributed by atoms with E-state index >= 15 is 0 Å². The molecule has 2 rings (SSSR count). The Kier molecular flexibility index (Phi) is 1.50. The zero-order valence-electron chi connectivity index (χ0n) is 6.53. The van der Waals surface area contributed by atoms with Crippen LogP contribution in [0.1, 0.15) is 11.1 Å². The maximum atomic E-state index is 13.1. The number of rotatable bonds is 0. The molecule has 0 atom stereocenters. The highest BCUT2D eigenvalue weighted by atomic mass is 19.2. The zero-order valence-corrected chi connectivity index (χ0v) is 6.53. The highest BCUT2D eigenvalue weighted by molar-refractivity contribution is 5.40. The molecule has 12 heavy (non-hydrogen) atoms. The lowest BCUT2D eigenvalue weighted by molar-refractivity contribution is 0.501. The lowest BCUT2D eigenvalue weighted by Gasteiger charge is -1.99. The second-order valence-corrected chi connectivity index (χ2v) is 3.10. The summed E-state index contributed by atoms with van der Waals surface area (Å²) in [5.74, 6) is -1.46. The van der Waals surface area contributed by atoms with Crippen molar-refractivity contribution < 1.29 is 8.78 Å². The first-order valence-corrected chi connectivity index (χ1v) is 3.81. The standard InChI is InChI=1S/C10H8F2/c1-6-4-7-2-3-9(11)10(12)8(7)5-6/h2-3H,1,4-5H2.